The Morgan fingerprint density at radius 1 is 1.07 bits per heavy atom. The lowest BCUT2D eigenvalue weighted by atomic mass is 9.86. The monoisotopic (exact) mass is 442 g/mol. The van der Waals surface area contributed by atoms with Crippen molar-refractivity contribution in [1.82, 2.24) is 9.47 Å². The second-order valence-corrected chi connectivity index (χ2v) is 8.48. The maximum absolute atomic E-state index is 13.2. The van der Waals surface area contributed by atoms with Crippen LogP contribution in [0.3, 0.4) is 0 Å². The van der Waals surface area contributed by atoms with Gasteiger partial charge in [0.2, 0.25) is 0 Å². The second kappa shape index (κ2) is 7.25. The highest BCUT2D eigenvalue weighted by Crippen LogP contribution is 2.46. The Bertz CT molecular complexity index is 1130. The molecule has 7 heteroatoms. The number of aromatic nitrogens is 1. The van der Waals surface area contributed by atoms with E-state index in [4.69, 9.17) is 32.7 Å². The van der Waals surface area contributed by atoms with Crippen molar-refractivity contribution in [3.63, 3.8) is 0 Å². The Kier molecular flexibility index (Phi) is 4.68. The van der Waals surface area contributed by atoms with Gasteiger partial charge in [-0.3, -0.25) is 4.79 Å². The topological polar surface area (TPSA) is 43.7 Å². The first-order valence-electron chi connectivity index (χ1n) is 9.80. The third-order valence-corrected chi connectivity index (χ3v) is 6.42. The summed E-state index contributed by atoms with van der Waals surface area (Å²) in [7, 11) is 1.55. The maximum atomic E-state index is 13.2. The number of carbonyl (C=O) groups is 1. The summed E-state index contributed by atoms with van der Waals surface area (Å²) in [5, 5.41) is 1.15. The number of ether oxygens (including phenoxy) is 2. The predicted molar refractivity (Wildman–Crippen MR) is 116 cm³/mol. The van der Waals surface area contributed by atoms with Crippen LogP contribution in [0.1, 0.15) is 28.9 Å². The summed E-state index contributed by atoms with van der Waals surface area (Å²) in [4.78, 5) is 15.0. The lowest BCUT2D eigenvalue weighted by Crippen LogP contribution is -2.50. The molecule has 3 aromatic rings. The molecule has 0 aliphatic carbocycles. The van der Waals surface area contributed by atoms with E-state index < -0.39 is 5.60 Å². The van der Waals surface area contributed by atoms with E-state index in [0.29, 0.717) is 47.3 Å². The molecule has 0 saturated carbocycles. The highest BCUT2D eigenvalue weighted by molar-refractivity contribution is 6.31. The average Bonchev–Trinajstić information content (AvgIpc) is 3.25. The van der Waals surface area contributed by atoms with Crippen LogP contribution in [0.5, 0.6) is 11.5 Å². The molecule has 2 aromatic carbocycles. The van der Waals surface area contributed by atoms with Crippen molar-refractivity contribution >= 4 is 29.1 Å². The van der Waals surface area contributed by atoms with Crippen molar-refractivity contribution in [3.05, 3.63) is 76.0 Å². The number of hydrogen-bond acceptors (Lipinski definition) is 3. The molecule has 1 aromatic heterocycles. The fourth-order valence-electron chi connectivity index (χ4n) is 4.44. The molecule has 1 saturated heterocycles. The first-order chi connectivity index (χ1) is 14.5. The molecule has 5 nitrogen and oxygen atoms in total. The molecule has 30 heavy (non-hydrogen) atoms. The predicted octanol–water partition coefficient (Wildman–Crippen LogP) is 5.32. The highest BCUT2D eigenvalue weighted by atomic mass is 35.5. The third kappa shape index (κ3) is 3.04. The first-order valence-corrected chi connectivity index (χ1v) is 10.6. The normalized spacial score (nSPS) is 16.6. The van der Waals surface area contributed by atoms with Gasteiger partial charge in [0, 0.05) is 48.2 Å². The van der Waals surface area contributed by atoms with Crippen LogP contribution in [0.2, 0.25) is 10.0 Å². The van der Waals surface area contributed by atoms with Crippen molar-refractivity contribution in [3.8, 4) is 17.2 Å². The minimum atomic E-state index is -0.490. The summed E-state index contributed by atoms with van der Waals surface area (Å²) in [5.74, 6) is 1.21. The lowest BCUT2D eigenvalue weighted by Gasteiger charge is -2.45. The maximum Gasteiger partial charge on any atom is 0.257 e. The van der Waals surface area contributed by atoms with Crippen LogP contribution in [0.25, 0.3) is 5.69 Å². The van der Waals surface area contributed by atoms with Gasteiger partial charge in [-0.1, -0.05) is 23.2 Å². The van der Waals surface area contributed by atoms with Gasteiger partial charge in [0.15, 0.2) is 5.60 Å². The Labute approximate surface area is 184 Å². The van der Waals surface area contributed by atoms with Crippen LogP contribution in [-0.4, -0.2) is 35.6 Å². The summed E-state index contributed by atoms with van der Waals surface area (Å²) in [6, 6.07) is 14.9. The fourth-order valence-corrected chi connectivity index (χ4v) is 4.77. The summed E-state index contributed by atoms with van der Waals surface area (Å²) in [5.41, 5.74) is 2.07. The number of benzene rings is 2. The molecule has 0 unspecified atom stereocenters. The lowest BCUT2D eigenvalue weighted by molar-refractivity contribution is -0.00936. The molecule has 2 aliphatic heterocycles. The summed E-state index contributed by atoms with van der Waals surface area (Å²) < 4.78 is 14.1. The minimum Gasteiger partial charge on any atom is -0.496 e. The fraction of sp³-hybridized carbons (Fsp3) is 0.261. The van der Waals surface area contributed by atoms with Crippen molar-refractivity contribution < 1.29 is 14.3 Å². The second-order valence-electron chi connectivity index (χ2n) is 7.61. The Balaban J connectivity index is 1.42. The molecule has 1 amide bonds. The number of likely N-dealkylation sites (tertiary alicyclic amines) is 1. The number of carbonyl (C=O) groups excluding carboxylic acids is 1. The Morgan fingerprint density at radius 2 is 1.80 bits per heavy atom. The van der Waals surface area contributed by atoms with Crippen LogP contribution in [0, 0.1) is 0 Å². The number of nitrogens with zero attached hydrogens (tertiary/aromatic N) is 2. The van der Waals surface area contributed by atoms with Crippen LogP contribution >= 0.6 is 23.2 Å². The Morgan fingerprint density at radius 3 is 2.57 bits per heavy atom. The Hall–Kier alpha value is -2.63. The van der Waals surface area contributed by atoms with Gasteiger partial charge < -0.3 is 18.9 Å². The highest BCUT2D eigenvalue weighted by Gasteiger charge is 2.44. The van der Waals surface area contributed by atoms with Gasteiger partial charge in [-0.15, -0.1) is 0 Å². The molecule has 0 atom stereocenters. The quantitative estimate of drug-likeness (QED) is 0.539. The molecule has 0 radical (unpaired) electrons. The molecule has 154 valence electrons. The number of amides is 1. The molecular formula is C23H20Cl2N2O3. The number of halogens is 2. The van der Waals surface area contributed by atoms with Crippen molar-refractivity contribution in [2.24, 2.45) is 0 Å². The van der Waals surface area contributed by atoms with E-state index in [1.807, 2.05) is 35.4 Å². The zero-order chi connectivity index (χ0) is 20.9. The summed E-state index contributed by atoms with van der Waals surface area (Å²) in [6.45, 7) is 1.13. The van der Waals surface area contributed by atoms with Crippen molar-refractivity contribution in [2.45, 2.75) is 18.4 Å². The number of hydrogen-bond donors (Lipinski definition) is 0. The zero-order valence-electron chi connectivity index (χ0n) is 16.4. The van der Waals surface area contributed by atoms with Gasteiger partial charge in [-0.05, 0) is 42.5 Å². The molecule has 0 bridgehead atoms. The van der Waals surface area contributed by atoms with Gasteiger partial charge in [0.1, 0.15) is 11.5 Å². The molecule has 5 rings (SSSR count). The van der Waals surface area contributed by atoms with Crippen molar-refractivity contribution in [2.75, 3.05) is 20.2 Å². The zero-order valence-corrected chi connectivity index (χ0v) is 17.9. The van der Waals surface area contributed by atoms with Crippen molar-refractivity contribution in [1.29, 1.82) is 0 Å². The smallest absolute Gasteiger partial charge is 0.257 e. The average molecular weight is 443 g/mol. The SMILES string of the molecule is COc1ccc(Cl)cc1C(=O)N1CCC2(CC1)Oc1cc(Cl)ccc1-n1cccc12. The largest absolute Gasteiger partial charge is 0.496 e. The van der Waals surface area contributed by atoms with Gasteiger partial charge in [-0.2, -0.15) is 0 Å². The minimum absolute atomic E-state index is 0.0844. The van der Waals surface area contributed by atoms with E-state index in [2.05, 4.69) is 10.6 Å². The molecule has 1 spiro atoms. The van der Waals surface area contributed by atoms with E-state index in [0.717, 1.165) is 17.1 Å². The third-order valence-electron chi connectivity index (χ3n) is 5.95. The van der Waals surface area contributed by atoms with E-state index in [9.17, 15) is 4.79 Å². The first kappa shape index (κ1) is 19.3. The molecule has 2 aliphatic rings. The molecule has 1 fully saturated rings. The van der Waals surface area contributed by atoms with Crippen LogP contribution < -0.4 is 9.47 Å². The van der Waals surface area contributed by atoms with E-state index in [1.54, 1.807) is 25.3 Å². The van der Waals surface area contributed by atoms with Gasteiger partial charge in [0.05, 0.1) is 24.1 Å². The number of piperidine rings is 1. The van der Waals surface area contributed by atoms with E-state index in [-0.39, 0.29) is 5.91 Å². The van der Waals surface area contributed by atoms with E-state index >= 15 is 0 Å². The van der Waals surface area contributed by atoms with Gasteiger partial charge in [-0.25, -0.2) is 0 Å². The summed E-state index contributed by atoms with van der Waals surface area (Å²) in [6.07, 6.45) is 3.40. The van der Waals surface area contributed by atoms with Gasteiger partial charge in [0.25, 0.3) is 5.91 Å². The molecule has 0 N–H and O–H groups in total. The number of methoxy groups -OCH3 is 1. The van der Waals surface area contributed by atoms with E-state index in [1.165, 1.54) is 0 Å². The van der Waals surface area contributed by atoms with Gasteiger partial charge >= 0.3 is 0 Å². The standard InChI is InChI=1S/C23H20Cl2N2O3/c1-29-19-7-5-15(24)13-17(19)22(28)26-11-8-23(9-12-26)21-3-2-10-27(21)18-6-4-16(25)14-20(18)30-23/h2-7,10,13-14H,8-9,11-12H2,1H3. The van der Waals surface area contributed by atoms with Crippen LogP contribution in [-0.2, 0) is 5.60 Å². The molecule has 3 heterocycles. The van der Waals surface area contributed by atoms with Crippen LogP contribution in [0.15, 0.2) is 54.7 Å². The summed E-state index contributed by atoms with van der Waals surface area (Å²) >= 11 is 12.3. The molecular weight excluding hydrogens is 423 g/mol. The van der Waals surface area contributed by atoms with Crippen LogP contribution in [0.4, 0.5) is 0 Å². The number of rotatable bonds is 2. The number of fused-ring (bicyclic) bond motifs is 4.